The van der Waals surface area contributed by atoms with Gasteiger partial charge in [0, 0.05) is 5.69 Å². The first-order valence-electron chi connectivity index (χ1n) is 11.2. The molecule has 6 heteroatoms. The van der Waals surface area contributed by atoms with E-state index < -0.39 is 18.0 Å². The van der Waals surface area contributed by atoms with E-state index in [0.717, 1.165) is 34.5 Å². The number of nitrogens with two attached hydrogens (primary N) is 1. The predicted molar refractivity (Wildman–Crippen MR) is 129 cm³/mol. The zero-order valence-corrected chi connectivity index (χ0v) is 18.7. The Hall–Kier alpha value is -3.64. The molecule has 0 aromatic heterocycles. The molecule has 3 aromatic carbocycles. The van der Waals surface area contributed by atoms with Gasteiger partial charge in [0.1, 0.15) is 5.75 Å². The first-order valence-corrected chi connectivity index (χ1v) is 11.2. The fourth-order valence-corrected chi connectivity index (χ4v) is 4.28. The highest BCUT2D eigenvalue weighted by atomic mass is 16.5. The number of aryl methyl sites for hydroxylation is 1. The Kier molecular flexibility index (Phi) is 7.05. The van der Waals surface area contributed by atoms with Crippen LogP contribution in [0.3, 0.4) is 0 Å². The fourth-order valence-electron chi connectivity index (χ4n) is 4.28. The van der Waals surface area contributed by atoms with Crippen molar-refractivity contribution in [2.75, 3.05) is 12.0 Å². The van der Waals surface area contributed by atoms with Gasteiger partial charge in [-0.15, -0.1) is 0 Å². The van der Waals surface area contributed by atoms with Crippen LogP contribution < -0.4 is 20.7 Å². The molecule has 0 fully saturated rings. The average molecular weight is 444 g/mol. The highest BCUT2D eigenvalue weighted by molar-refractivity contribution is 5.99. The van der Waals surface area contributed by atoms with E-state index in [-0.39, 0.29) is 5.91 Å². The summed E-state index contributed by atoms with van der Waals surface area (Å²) in [7, 11) is 1.63. The van der Waals surface area contributed by atoms with Gasteiger partial charge in [0.05, 0.1) is 25.7 Å². The van der Waals surface area contributed by atoms with Crippen molar-refractivity contribution in [3.05, 3.63) is 95.6 Å². The third kappa shape index (κ3) is 5.41. The summed E-state index contributed by atoms with van der Waals surface area (Å²) < 4.78 is 5.25. The number of nitrogens with zero attached hydrogens (tertiary/aromatic N) is 1. The maximum Gasteiger partial charge on any atom is 0.244 e. The van der Waals surface area contributed by atoms with Crippen LogP contribution >= 0.6 is 0 Å². The largest absolute Gasteiger partial charge is 0.497 e. The molecule has 1 unspecified atom stereocenters. The number of ether oxygens (including phenoxy) is 1. The normalized spacial score (nSPS) is 16.6. The second kappa shape index (κ2) is 10.3. The molecule has 3 aromatic rings. The van der Waals surface area contributed by atoms with E-state index in [1.165, 1.54) is 0 Å². The first-order chi connectivity index (χ1) is 16.0. The van der Waals surface area contributed by atoms with Gasteiger partial charge >= 0.3 is 0 Å². The van der Waals surface area contributed by atoms with E-state index >= 15 is 0 Å². The number of carbonyl (C=O) groups is 2. The number of anilines is 1. The molecule has 1 aliphatic heterocycles. The molecule has 1 aliphatic rings. The van der Waals surface area contributed by atoms with Crippen LogP contribution in [-0.4, -0.2) is 31.0 Å². The van der Waals surface area contributed by atoms with Crippen molar-refractivity contribution in [2.24, 2.45) is 5.73 Å². The van der Waals surface area contributed by atoms with Crippen molar-refractivity contribution in [1.29, 1.82) is 0 Å². The Morgan fingerprint density at radius 3 is 2.42 bits per heavy atom. The predicted octanol–water partition coefficient (Wildman–Crippen LogP) is 3.23. The molecule has 0 bridgehead atoms. The molecule has 4 rings (SSSR count). The average Bonchev–Trinajstić information content (AvgIpc) is 2.97. The molecule has 3 N–H and O–H groups in total. The van der Waals surface area contributed by atoms with E-state index in [1.807, 2.05) is 77.7 Å². The summed E-state index contributed by atoms with van der Waals surface area (Å²) in [6.07, 6.45) is 1.76. The summed E-state index contributed by atoms with van der Waals surface area (Å²) in [5.74, 6) is 0.247. The smallest absolute Gasteiger partial charge is 0.244 e. The van der Waals surface area contributed by atoms with Crippen LogP contribution in [0, 0.1) is 0 Å². The van der Waals surface area contributed by atoms with Gasteiger partial charge < -0.3 is 15.4 Å². The number of hydrogen-bond acceptors (Lipinski definition) is 4. The lowest BCUT2D eigenvalue weighted by Crippen LogP contribution is -2.53. The zero-order chi connectivity index (χ0) is 23.2. The van der Waals surface area contributed by atoms with Crippen LogP contribution in [0.5, 0.6) is 5.75 Å². The van der Waals surface area contributed by atoms with Gasteiger partial charge in [-0.2, -0.15) is 0 Å². The summed E-state index contributed by atoms with van der Waals surface area (Å²) >= 11 is 0. The summed E-state index contributed by atoms with van der Waals surface area (Å²) in [5, 5.41) is 3.28. The molecule has 2 amide bonds. The van der Waals surface area contributed by atoms with Gasteiger partial charge in [0.2, 0.25) is 11.8 Å². The summed E-state index contributed by atoms with van der Waals surface area (Å²) in [5.41, 5.74) is 9.72. The molecule has 0 saturated carbocycles. The molecule has 33 heavy (non-hydrogen) atoms. The van der Waals surface area contributed by atoms with Crippen LogP contribution in [0.4, 0.5) is 5.69 Å². The summed E-state index contributed by atoms with van der Waals surface area (Å²) in [4.78, 5) is 27.8. The minimum Gasteiger partial charge on any atom is -0.497 e. The second-order valence-electron chi connectivity index (χ2n) is 8.30. The number of benzene rings is 3. The van der Waals surface area contributed by atoms with E-state index in [2.05, 4.69) is 11.4 Å². The number of nitrogens with one attached hydrogen (secondary N) is 1. The van der Waals surface area contributed by atoms with Gasteiger partial charge in [-0.1, -0.05) is 60.7 Å². The van der Waals surface area contributed by atoms with E-state index in [4.69, 9.17) is 10.5 Å². The third-order valence-corrected chi connectivity index (χ3v) is 6.08. The molecule has 0 radical (unpaired) electrons. The third-order valence-electron chi connectivity index (χ3n) is 6.08. The van der Waals surface area contributed by atoms with Gasteiger partial charge in [0.25, 0.3) is 0 Å². The number of carbonyl (C=O) groups excluding carboxylic acids is 2. The number of primary amides is 1. The molecule has 0 saturated heterocycles. The molecule has 6 nitrogen and oxygen atoms in total. The quantitative estimate of drug-likeness (QED) is 0.560. The monoisotopic (exact) mass is 443 g/mol. The number of para-hydroxylation sites is 1. The number of amides is 2. The van der Waals surface area contributed by atoms with Crippen LogP contribution in [0.2, 0.25) is 0 Å². The molecular formula is C27H29N3O3. The Morgan fingerprint density at radius 1 is 1.03 bits per heavy atom. The molecule has 1 heterocycles. The number of fused-ring (bicyclic) bond motifs is 1. The Morgan fingerprint density at radius 2 is 1.73 bits per heavy atom. The van der Waals surface area contributed by atoms with E-state index in [9.17, 15) is 9.59 Å². The summed E-state index contributed by atoms with van der Waals surface area (Å²) in [6.45, 7) is 0.429. The second-order valence-corrected chi connectivity index (χ2v) is 8.30. The molecule has 170 valence electrons. The molecule has 2 atom stereocenters. The van der Waals surface area contributed by atoms with Crippen LogP contribution in [0.1, 0.15) is 23.1 Å². The topological polar surface area (TPSA) is 84.7 Å². The molecular weight excluding hydrogens is 414 g/mol. The van der Waals surface area contributed by atoms with Crippen LogP contribution in [-0.2, 0) is 29.0 Å². The van der Waals surface area contributed by atoms with E-state index in [0.29, 0.717) is 19.4 Å². The zero-order valence-electron chi connectivity index (χ0n) is 18.7. The fraction of sp³-hybridized carbons (Fsp3) is 0.259. The maximum atomic E-state index is 13.7. The van der Waals surface area contributed by atoms with Crippen molar-refractivity contribution in [3.63, 3.8) is 0 Å². The van der Waals surface area contributed by atoms with Gasteiger partial charge in [-0.25, -0.2) is 0 Å². The Balaban J connectivity index is 1.59. The van der Waals surface area contributed by atoms with Crippen molar-refractivity contribution < 1.29 is 14.3 Å². The molecule has 0 spiro atoms. The van der Waals surface area contributed by atoms with E-state index in [1.54, 1.807) is 7.11 Å². The SMILES string of the molecule is COc1ccc(CN2C(=O)C(N[C@@H](Cc3ccccc3)C(N)=O)CCc3ccccc32)cc1. The highest BCUT2D eigenvalue weighted by Crippen LogP contribution is 2.29. The lowest BCUT2D eigenvalue weighted by molar-refractivity contribution is -0.122. The van der Waals surface area contributed by atoms with Crippen LogP contribution in [0.25, 0.3) is 0 Å². The Labute approximate surface area is 194 Å². The number of rotatable bonds is 8. The lowest BCUT2D eigenvalue weighted by atomic mass is 10.0. The van der Waals surface area contributed by atoms with Crippen molar-refractivity contribution >= 4 is 17.5 Å². The van der Waals surface area contributed by atoms with Gasteiger partial charge in [0.15, 0.2) is 0 Å². The first kappa shape index (κ1) is 22.6. The standard InChI is InChI=1S/C27H29N3O3/c1-33-22-14-11-20(12-15-22)18-30-25-10-6-5-9-21(25)13-16-23(27(30)32)29-24(26(28)31)17-19-7-3-2-4-8-19/h2-12,14-15,23-24,29H,13,16-18H2,1H3,(H2,28,31)/t23?,24-/m0/s1. The minimum absolute atomic E-state index is 0.0601. The molecule has 0 aliphatic carbocycles. The van der Waals surface area contributed by atoms with Crippen molar-refractivity contribution in [2.45, 2.75) is 37.9 Å². The van der Waals surface area contributed by atoms with Crippen LogP contribution in [0.15, 0.2) is 78.9 Å². The van der Waals surface area contributed by atoms with Crippen molar-refractivity contribution in [3.8, 4) is 5.75 Å². The van der Waals surface area contributed by atoms with Gasteiger partial charge in [-0.3, -0.25) is 14.9 Å². The summed E-state index contributed by atoms with van der Waals surface area (Å²) in [6, 6.07) is 24.2. The van der Waals surface area contributed by atoms with Crippen molar-refractivity contribution in [1.82, 2.24) is 5.32 Å². The Bertz CT molecular complexity index is 1100. The maximum absolute atomic E-state index is 13.7. The highest BCUT2D eigenvalue weighted by Gasteiger charge is 2.33. The number of hydrogen-bond donors (Lipinski definition) is 2. The van der Waals surface area contributed by atoms with Gasteiger partial charge in [-0.05, 0) is 54.2 Å². The lowest BCUT2D eigenvalue weighted by Gasteiger charge is -2.28. The minimum atomic E-state index is -0.634. The number of methoxy groups -OCH3 is 1.